The van der Waals surface area contributed by atoms with Crippen LogP contribution in [0.2, 0.25) is 0 Å². The summed E-state index contributed by atoms with van der Waals surface area (Å²) in [5, 5.41) is 12.6. The number of nitrogens with two attached hydrogens (primary N) is 1. The fourth-order valence-electron chi connectivity index (χ4n) is 3.39. The van der Waals surface area contributed by atoms with Crippen LogP contribution in [-0.4, -0.2) is 57.0 Å². The second-order valence-corrected chi connectivity index (χ2v) is 9.61. The molecular weight excluding hydrogens is 458 g/mol. The molecule has 3 rings (SSSR count). The summed E-state index contributed by atoms with van der Waals surface area (Å²) in [6.45, 7) is 3.25. The summed E-state index contributed by atoms with van der Waals surface area (Å²) >= 11 is 0. The van der Waals surface area contributed by atoms with Crippen molar-refractivity contribution in [2.75, 3.05) is 30.3 Å². The Balaban J connectivity index is 0.000000604. The molecule has 0 spiro atoms. The van der Waals surface area contributed by atoms with Crippen LogP contribution in [0.3, 0.4) is 0 Å². The van der Waals surface area contributed by atoms with Crippen LogP contribution in [-0.2, 0) is 14.6 Å². The van der Waals surface area contributed by atoms with Gasteiger partial charge in [0.05, 0.1) is 16.2 Å². The van der Waals surface area contributed by atoms with Crippen molar-refractivity contribution in [1.82, 2.24) is 5.32 Å². The molecule has 2 aromatic rings. The highest BCUT2D eigenvalue weighted by Crippen LogP contribution is 2.29. The lowest BCUT2D eigenvalue weighted by atomic mass is 9.93. The number of piperidine rings is 1. The molecule has 3 amide bonds. The van der Waals surface area contributed by atoms with E-state index in [1.807, 2.05) is 30.3 Å². The van der Waals surface area contributed by atoms with Crippen molar-refractivity contribution < 1.29 is 27.9 Å². The van der Waals surface area contributed by atoms with Crippen molar-refractivity contribution >= 4 is 28.0 Å². The predicted molar refractivity (Wildman–Crippen MR) is 129 cm³/mol. The molecule has 1 aliphatic heterocycles. The first-order chi connectivity index (χ1) is 16.2. The number of imide groups is 1. The van der Waals surface area contributed by atoms with Crippen molar-refractivity contribution in [3.05, 3.63) is 54.6 Å². The SMILES string of the molecule is CC#CCOc1ccc(S(=O)(=O)CC2(O)CCN(c3ccccc3)CC2)cc1.NC(=O)NC=O. The molecule has 0 aromatic heterocycles. The number of anilines is 1. The Morgan fingerprint density at radius 1 is 1.18 bits per heavy atom. The smallest absolute Gasteiger partial charge is 0.318 e. The van der Waals surface area contributed by atoms with E-state index in [1.54, 1.807) is 24.4 Å². The number of hydrogen-bond acceptors (Lipinski definition) is 7. The number of urea groups is 1. The Labute approximate surface area is 199 Å². The topological polar surface area (TPSA) is 139 Å². The molecule has 0 bridgehead atoms. The van der Waals surface area contributed by atoms with E-state index in [1.165, 1.54) is 12.1 Å². The predicted octanol–water partition coefficient (Wildman–Crippen LogP) is 1.71. The lowest BCUT2D eigenvalue weighted by Gasteiger charge is -2.39. The number of carbonyl (C=O) groups is 2. The van der Waals surface area contributed by atoms with Crippen LogP contribution in [0, 0.1) is 11.8 Å². The molecule has 2 aromatic carbocycles. The summed E-state index contributed by atoms with van der Waals surface area (Å²) in [5.74, 6) is 5.82. The number of benzene rings is 2. The molecule has 182 valence electrons. The third kappa shape index (κ3) is 8.42. The van der Waals surface area contributed by atoms with Crippen LogP contribution >= 0.6 is 0 Å². The maximum absolute atomic E-state index is 12.8. The fourth-order valence-corrected chi connectivity index (χ4v) is 5.11. The van der Waals surface area contributed by atoms with Crippen LogP contribution in [0.1, 0.15) is 19.8 Å². The van der Waals surface area contributed by atoms with Gasteiger partial charge in [0.1, 0.15) is 12.4 Å². The largest absolute Gasteiger partial charge is 0.481 e. The molecule has 9 nitrogen and oxygen atoms in total. The Bertz CT molecular complexity index is 1100. The van der Waals surface area contributed by atoms with Gasteiger partial charge in [-0.1, -0.05) is 24.1 Å². The monoisotopic (exact) mass is 487 g/mol. The van der Waals surface area contributed by atoms with Crippen molar-refractivity contribution in [3.8, 4) is 17.6 Å². The quantitative estimate of drug-likeness (QED) is 0.399. The summed E-state index contributed by atoms with van der Waals surface area (Å²) < 4.78 is 31.0. The number of para-hydroxylation sites is 1. The molecule has 0 atom stereocenters. The lowest BCUT2D eigenvalue weighted by Crippen LogP contribution is -2.48. The van der Waals surface area contributed by atoms with Crippen molar-refractivity contribution in [2.24, 2.45) is 5.73 Å². The molecule has 4 N–H and O–H groups in total. The fraction of sp³-hybridized carbons (Fsp3) is 0.333. The molecule has 1 heterocycles. The molecule has 0 saturated carbocycles. The van der Waals surface area contributed by atoms with Crippen molar-refractivity contribution in [3.63, 3.8) is 0 Å². The molecular formula is C24H29N3O6S. The highest BCUT2D eigenvalue weighted by Gasteiger charge is 2.37. The van der Waals surface area contributed by atoms with Crippen LogP contribution in [0.5, 0.6) is 5.75 Å². The standard InChI is InChI=1S/C22H25NO4S.C2H4N2O2/c1-2-3-17-27-20-9-11-21(12-10-20)28(25,26)18-22(24)13-15-23(16-14-22)19-7-5-4-6-8-19;3-2(6)4-1-5/h4-12,24H,13-18H2,1H3;1H,(H3,3,4,5,6). The number of ether oxygens (including phenoxy) is 1. The molecule has 0 aliphatic carbocycles. The van der Waals surface area contributed by atoms with Crippen molar-refractivity contribution in [2.45, 2.75) is 30.3 Å². The van der Waals surface area contributed by atoms with Crippen LogP contribution in [0.25, 0.3) is 0 Å². The van der Waals surface area contributed by atoms with Gasteiger partial charge >= 0.3 is 6.03 Å². The van der Waals surface area contributed by atoms with Gasteiger partial charge in [0.2, 0.25) is 6.41 Å². The van der Waals surface area contributed by atoms with E-state index in [0.717, 1.165) is 5.69 Å². The number of amides is 3. The molecule has 34 heavy (non-hydrogen) atoms. The number of nitrogens with zero attached hydrogens (tertiary/aromatic N) is 1. The Morgan fingerprint density at radius 3 is 2.29 bits per heavy atom. The maximum atomic E-state index is 12.8. The van der Waals surface area contributed by atoms with E-state index in [9.17, 15) is 23.1 Å². The zero-order chi connectivity index (χ0) is 25.0. The van der Waals surface area contributed by atoms with Crippen molar-refractivity contribution in [1.29, 1.82) is 0 Å². The minimum absolute atomic E-state index is 0.195. The number of primary amides is 1. The van der Waals surface area contributed by atoms with Gasteiger partial charge in [-0.25, -0.2) is 13.2 Å². The maximum Gasteiger partial charge on any atom is 0.318 e. The van der Waals surface area contributed by atoms with Gasteiger partial charge in [0.15, 0.2) is 9.84 Å². The van der Waals surface area contributed by atoms with Gasteiger partial charge in [-0.2, -0.15) is 0 Å². The molecule has 10 heteroatoms. The lowest BCUT2D eigenvalue weighted by molar-refractivity contribution is -0.108. The van der Waals surface area contributed by atoms with Gasteiger partial charge in [0, 0.05) is 18.8 Å². The zero-order valence-electron chi connectivity index (χ0n) is 18.9. The highest BCUT2D eigenvalue weighted by molar-refractivity contribution is 7.91. The Kier molecular flexibility index (Phi) is 9.92. The normalized spacial score (nSPS) is 14.5. The van der Waals surface area contributed by atoms with E-state index in [-0.39, 0.29) is 23.7 Å². The summed E-state index contributed by atoms with van der Waals surface area (Å²) in [4.78, 5) is 21.1. The van der Waals surface area contributed by atoms with Gasteiger partial charge in [-0.05, 0) is 56.2 Å². The van der Waals surface area contributed by atoms with Gasteiger partial charge < -0.3 is 20.5 Å². The number of carbonyl (C=O) groups excluding carboxylic acids is 2. The zero-order valence-corrected chi connectivity index (χ0v) is 19.8. The first kappa shape index (κ1) is 26.7. The van der Waals surface area contributed by atoms with E-state index < -0.39 is 21.5 Å². The first-order valence-electron chi connectivity index (χ1n) is 10.6. The summed E-state index contributed by atoms with van der Waals surface area (Å²) in [7, 11) is -3.59. The number of rotatable bonds is 7. The molecule has 1 saturated heterocycles. The Morgan fingerprint density at radius 2 is 1.79 bits per heavy atom. The highest BCUT2D eigenvalue weighted by atomic mass is 32.2. The second kappa shape index (κ2) is 12.6. The van der Waals surface area contributed by atoms with Gasteiger partial charge in [-0.15, -0.1) is 5.92 Å². The van der Waals surface area contributed by atoms with Gasteiger partial charge in [-0.3, -0.25) is 10.1 Å². The minimum Gasteiger partial charge on any atom is -0.481 e. The minimum atomic E-state index is -3.59. The third-order valence-electron chi connectivity index (χ3n) is 5.15. The van der Waals surface area contributed by atoms with Gasteiger partial charge in [0.25, 0.3) is 0 Å². The number of sulfone groups is 1. The van der Waals surface area contributed by atoms with Crippen LogP contribution < -0.4 is 20.7 Å². The molecule has 1 aliphatic rings. The first-order valence-corrected chi connectivity index (χ1v) is 12.2. The molecule has 1 fully saturated rings. The van der Waals surface area contributed by atoms with Crippen LogP contribution in [0.4, 0.5) is 10.5 Å². The molecule has 0 radical (unpaired) electrons. The summed E-state index contributed by atoms with van der Waals surface area (Å²) in [6, 6.07) is 15.4. The third-order valence-corrected chi connectivity index (χ3v) is 7.05. The number of aliphatic hydroxyl groups is 1. The van der Waals surface area contributed by atoms with E-state index >= 15 is 0 Å². The average Bonchev–Trinajstić information content (AvgIpc) is 2.80. The van der Waals surface area contributed by atoms with E-state index in [0.29, 0.717) is 31.7 Å². The van der Waals surface area contributed by atoms with E-state index in [4.69, 9.17) is 4.74 Å². The second-order valence-electron chi connectivity index (χ2n) is 7.62. The number of nitrogens with one attached hydrogen (secondary N) is 1. The number of hydrogen-bond donors (Lipinski definition) is 3. The van der Waals surface area contributed by atoms with E-state index in [2.05, 4.69) is 22.5 Å². The molecule has 0 unspecified atom stereocenters. The average molecular weight is 488 g/mol. The summed E-state index contributed by atoms with van der Waals surface area (Å²) in [5.41, 5.74) is 4.30. The Hall–Kier alpha value is -3.55. The summed E-state index contributed by atoms with van der Waals surface area (Å²) in [6.07, 6.45) is 1.05. The van der Waals surface area contributed by atoms with Crippen LogP contribution in [0.15, 0.2) is 59.5 Å².